The number of nitrogens with one attached hydrogen (secondary N) is 1. The zero-order valence-corrected chi connectivity index (χ0v) is 21.1. The van der Waals surface area contributed by atoms with Crippen molar-refractivity contribution in [1.29, 1.82) is 0 Å². The van der Waals surface area contributed by atoms with Gasteiger partial charge in [0.1, 0.15) is 17.4 Å². The van der Waals surface area contributed by atoms with Crippen molar-refractivity contribution in [3.63, 3.8) is 0 Å². The molecule has 0 radical (unpaired) electrons. The summed E-state index contributed by atoms with van der Waals surface area (Å²) in [6.07, 6.45) is 0. The second-order valence-corrected chi connectivity index (χ2v) is 8.52. The maximum absolute atomic E-state index is 12.5. The average molecular weight is 515 g/mol. The molecule has 35 heavy (non-hydrogen) atoms. The SMILES string of the molecule is CCOc1ccc(C(Nc2nc(C)nc3c(-c4c(Cl)cccc4Cl)n(C)nc23)C(N)=O)cc1OC. The average Bonchev–Trinajstić information content (AvgIpc) is 3.13. The van der Waals surface area contributed by atoms with Crippen molar-refractivity contribution < 1.29 is 14.3 Å². The van der Waals surface area contributed by atoms with Crippen LogP contribution in [0, 0.1) is 6.92 Å². The first-order valence-corrected chi connectivity index (χ1v) is 11.5. The predicted molar refractivity (Wildman–Crippen MR) is 136 cm³/mol. The smallest absolute Gasteiger partial charge is 0.244 e. The van der Waals surface area contributed by atoms with Gasteiger partial charge in [0.2, 0.25) is 5.91 Å². The number of rotatable bonds is 8. The van der Waals surface area contributed by atoms with Gasteiger partial charge in [0, 0.05) is 12.6 Å². The number of halogens is 2. The summed E-state index contributed by atoms with van der Waals surface area (Å²) >= 11 is 12.9. The number of benzene rings is 2. The van der Waals surface area contributed by atoms with Crippen LogP contribution in [0.1, 0.15) is 24.4 Å². The van der Waals surface area contributed by atoms with Crippen LogP contribution in [0.15, 0.2) is 36.4 Å². The lowest BCUT2D eigenvalue weighted by atomic mass is 10.1. The van der Waals surface area contributed by atoms with Crippen LogP contribution in [-0.4, -0.2) is 39.4 Å². The molecule has 0 fully saturated rings. The molecular weight excluding hydrogens is 491 g/mol. The third kappa shape index (κ3) is 4.69. The number of hydrogen-bond donors (Lipinski definition) is 2. The molecule has 11 heteroatoms. The highest BCUT2D eigenvalue weighted by molar-refractivity contribution is 6.39. The number of aryl methyl sites for hydroxylation is 2. The molecule has 0 saturated heterocycles. The summed E-state index contributed by atoms with van der Waals surface area (Å²) < 4.78 is 12.6. The summed E-state index contributed by atoms with van der Waals surface area (Å²) in [6, 6.07) is 9.51. The van der Waals surface area contributed by atoms with E-state index in [2.05, 4.69) is 20.4 Å². The zero-order valence-electron chi connectivity index (χ0n) is 19.6. The summed E-state index contributed by atoms with van der Waals surface area (Å²) in [4.78, 5) is 21.6. The van der Waals surface area contributed by atoms with Gasteiger partial charge in [-0.05, 0) is 43.7 Å². The predicted octanol–water partition coefficient (Wildman–Crippen LogP) is 4.69. The Kier molecular flexibility index (Phi) is 7.00. The van der Waals surface area contributed by atoms with Crippen molar-refractivity contribution in [3.05, 3.63) is 57.8 Å². The molecule has 2 aromatic carbocycles. The molecule has 1 atom stereocenters. The third-order valence-corrected chi connectivity index (χ3v) is 6.01. The van der Waals surface area contributed by atoms with Crippen LogP contribution in [0.4, 0.5) is 5.82 Å². The van der Waals surface area contributed by atoms with E-state index in [0.717, 1.165) is 0 Å². The van der Waals surface area contributed by atoms with Crippen LogP contribution in [0.5, 0.6) is 11.5 Å². The molecule has 4 rings (SSSR count). The van der Waals surface area contributed by atoms with E-state index < -0.39 is 11.9 Å². The summed E-state index contributed by atoms with van der Waals surface area (Å²) in [5.41, 5.74) is 8.55. The highest BCUT2D eigenvalue weighted by Crippen LogP contribution is 2.39. The van der Waals surface area contributed by atoms with Gasteiger partial charge < -0.3 is 20.5 Å². The summed E-state index contributed by atoms with van der Waals surface area (Å²) in [5, 5.41) is 8.67. The molecule has 0 aliphatic heterocycles. The van der Waals surface area contributed by atoms with Crippen molar-refractivity contribution in [2.24, 2.45) is 12.8 Å². The van der Waals surface area contributed by atoms with Crippen molar-refractivity contribution in [3.8, 4) is 22.8 Å². The van der Waals surface area contributed by atoms with Gasteiger partial charge in [0.15, 0.2) is 22.8 Å². The normalized spacial score (nSPS) is 11.9. The van der Waals surface area contributed by atoms with Crippen molar-refractivity contribution in [1.82, 2.24) is 19.7 Å². The van der Waals surface area contributed by atoms with Crippen LogP contribution in [-0.2, 0) is 11.8 Å². The van der Waals surface area contributed by atoms with Gasteiger partial charge in [-0.1, -0.05) is 35.3 Å². The number of aromatic nitrogens is 4. The fraction of sp³-hybridized carbons (Fsp3) is 0.250. The minimum absolute atomic E-state index is 0.342. The number of ether oxygens (including phenoxy) is 2. The lowest BCUT2D eigenvalue weighted by molar-refractivity contribution is -0.118. The van der Waals surface area contributed by atoms with E-state index in [1.54, 1.807) is 55.1 Å². The number of fused-ring (bicyclic) bond motifs is 1. The summed E-state index contributed by atoms with van der Waals surface area (Å²) in [6.45, 7) is 4.10. The Morgan fingerprint density at radius 2 is 1.86 bits per heavy atom. The highest BCUT2D eigenvalue weighted by atomic mass is 35.5. The van der Waals surface area contributed by atoms with Gasteiger partial charge in [-0.2, -0.15) is 5.10 Å². The molecule has 182 valence electrons. The molecule has 0 aliphatic rings. The van der Waals surface area contributed by atoms with Crippen molar-refractivity contribution in [2.45, 2.75) is 19.9 Å². The van der Waals surface area contributed by atoms with Crippen LogP contribution < -0.4 is 20.5 Å². The van der Waals surface area contributed by atoms with E-state index in [-0.39, 0.29) is 0 Å². The molecule has 4 aromatic rings. The van der Waals surface area contributed by atoms with Gasteiger partial charge in [-0.3, -0.25) is 9.48 Å². The van der Waals surface area contributed by atoms with Crippen molar-refractivity contribution >= 4 is 46.0 Å². The third-order valence-electron chi connectivity index (χ3n) is 5.38. The molecular formula is C24H24Cl2N6O3. The molecule has 1 unspecified atom stereocenters. The Bertz CT molecular complexity index is 1400. The zero-order chi connectivity index (χ0) is 25.3. The monoisotopic (exact) mass is 514 g/mol. The maximum atomic E-state index is 12.5. The number of nitrogens with zero attached hydrogens (tertiary/aromatic N) is 4. The lowest BCUT2D eigenvalue weighted by Crippen LogP contribution is -2.28. The quantitative estimate of drug-likeness (QED) is 0.350. The number of amides is 1. The lowest BCUT2D eigenvalue weighted by Gasteiger charge is -2.19. The van der Waals surface area contributed by atoms with E-state index in [4.69, 9.17) is 38.4 Å². The van der Waals surface area contributed by atoms with E-state index in [0.29, 0.717) is 67.6 Å². The molecule has 0 spiro atoms. The van der Waals surface area contributed by atoms with Gasteiger partial charge in [-0.25, -0.2) is 9.97 Å². The first-order valence-electron chi connectivity index (χ1n) is 10.8. The molecule has 2 heterocycles. The van der Waals surface area contributed by atoms with E-state index in [1.807, 2.05) is 6.92 Å². The van der Waals surface area contributed by atoms with Gasteiger partial charge in [0.05, 0.1) is 29.5 Å². The van der Waals surface area contributed by atoms with E-state index in [9.17, 15) is 4.79 Å². The summed E-state index contributed by atoms with van der Waals surface area (Å²) in [5.74, 6) is 1.24. The topological polar surface area (TPSA) is 117 Å². The number of hydrogen-bond acceptors (Lipinski definition) is 7. The first-order chi connectivity index (χ1) is 16.7. The van der Waals surface area contributed by atoms with E-state index >= 15 is 0 Å². The van der Waals surface area contributed by atoms with Gasteiger partial charge >= 0.3 is 0 Å². The Balaban J connectivity index is 1.84. The Hall–Kier alpha value is -3.56. The second kappa shape index (κ2) is 9.97. The molecule has 3 N–H and O–H groups in total. The number of anilines is 1. The van der Waals surface area contributed by atoms with Crippen LogP contribution in [0.25, 0.3) is 22.3 Å². The van der Waals surface area contributed by atoms with Crippen LogP contribution in [0.3, 0.4) is 0 Å². The molecule has 0 saturated carbocycles. The largest absolute Gasteiger partial charge is 0.493 e. The van der Waals surface area contributed by atoms with Crippen molar-refractivity contribution in [2.75, 3.05) is 19.0 Å². The fourth-order valence-electron chi connectivity index (χ4n) is 3.88. The van der Waals surface area contributed by atoms with Crippen LogP contribution >= 0.6 is 23.2 Å². The first kappa shape index (κ1) is 24.6. The fourth-order valence-corrected chi connectivity index (χ4v) is 4.46. The molecule has 0 bridgehead atoms. The molecule has 0 aliphatic carbocycles. The Morgan fingerprint density at radius 3 is 2.49 bits per heavy atom. The molecule has 1 amide bonds. The minimum Gasteiger partial charge on any atom is -0.493 e. The molecule has 9 nitrogen and oxygen atoms in total. The number of nitrogens with two attached hydrogens (primary N) is 1. The Labute approximate surface area is 212 Å². The second-order valence-electron chi connectivity index (χ2n) is 7.71. The number of carbonyl (C=O) groups excluding carboxylic acids is 1. The standard InChI is InChI=1S/C24H24Cl2N6O3/c1-5-35-16-10-9-13(11-17(16)34-4)19(23(27)33)30-24-21-20(28-12(2)29-24)22(32(3)31-21)18-14(25)7-6-8-15(18)26/h6-11,19H,5H2,1-4H3,(H2,27,33)(H,28,29,30). The van der Waals surface area contributed by atoms with E-state index in [1.165, 1.54) is 7.11 Å². The van der Waals surface area contributed by atoms with Gasteiger partial charge in [0.25, 0.3) is 0 Å². The van der Waals surface area contributed by atoms with Crippen LogP contribution in [0.2, 0.25) is 10.0 Å². The number of primary amides is 1. The minimum atomic E-state index is -0.925. The molecule has 2 aromatic heterocycles. The number of methoxy groups -OCH3 is 1. The number of carbonyl (C=O) groups is 1. The van der Waals surface area contributed by atoms with Gasteiger partial charge in [-0.15, -0.1) is 0 Å². The maximum Gasteiger partial charge on any atom is 0.244 e. The Morgan fingerprint density at radius 1 is 1.14 bits per heavy atom. The highest BCUT2D eigenvalue weighted by Gasteiger charge is 2.25. The summed E-state index contributed by atoms with van der Waals surface area (Å²) in [7, 11) is 3.29.